The van der Waals surface area contributed by atoms with E-state index in [2.05, 4.69) is 26.8 Å². The van der Waals surface area contributed by atoms with Crippen LogP contribution in [0.3, 0.4) is 0 Å². The zero-order valence-electron chi connectivity index (χ0n) is 40.3. The van der Waals surface area contributed by atoms with Crippen LogP contribution in [0.2, 0.25) is 0 Å². The summed E-state index contributed by atoms with van der Waals surface area (Å²) >= 11 is 0. The normalized spacial score (nSPS) is 52.9. The van der Waals surface area contributed by atoms with E-state index in [4.69, 9.17) is 28.4 Å². The van der Waals surface area contributed by atoms with E-state index in [-0.39, 0.29) is 17.8 Å². The van der Waals surface area contributed by atoms with Crippen LogP contribution in [0, 0.1) is 45.3 Å². The maximum atomic E-state index is 12.7. The molecule has 7 aliphatic rings. The van der Waals surface area contributed by atoms with Crippen molar-refractivity contribution in [2.45, 2.75) is 223 Å². The second-order valence-electron chi connectivity index (χ2n) is 23.1. The lowest BCUT2D eigenvalue weighted by Crippen LogP contribution is -2.71. The lowest BCUT2D eigenvalue weighted by molar-refractivity contribution is -0.383. The first-order valence-electron chi connectivity index (χ1n) is 24.5. The van der Waals surface area contributed by atoms with Gasteiger partial charge in [0.2, 0.25) is 0 Å². The molecule has 0 amide bonds. The Hall–Kier alpha value is -1.02. The molecule has 0 aromatic heterocycles. The Morgan fingerprint density at radius 3 is 1.75 bits per heavy atom. The Morgan fingerprint density at radius 2 is 1.18 bits per heavy atom. The fraction of sp³-hybridized carbons (Fsp3) is 0.958. The molecule has 0 bridgehead atoms. The first-order valence-corrected chi connectivity index (χ1v) is 24.5. The molecule has 26 atom stereocenters. The minimum atomic E-state index is -1.86. The molecule has 0 spiro atoms. The highest BCUT2D eigenvalue weighted by molar-refractivity contribution is 5.22. The smallest absolute Gasteiger partial charge is 0.187 e. The zero-order valence-corrected chi connectivity index (χ0v) is 40.3. The van der Waals surface area contributed by atoms with Gasteiger partial charge in [-0.05, 0) is 117 Å². The molecule has 0 aromatic rings. The SMILES string of the molecule is CC(C)=CCC[C@](C)(O[C@@H]1O[C@H](CO)[C@@H](O)[C@H](O)[C@H]1O)[C@H]1CC[C@]2(C)[C@@H]1[C@H](O)C[C@@H]1[C@@]3(C)CC[C@H](O)C(C)(C)[C@H]3[C@@H](O[C@@H]3O[C@H](CO)[C@@H](O)[C@H](O)[C@H]3O[C@@H]3O[C@H](CO)[C@@H](O)[C@H](O)[C@H]3O)C[C@]12C. The van der Waals surface area contributed by atoms with Gasteiger partial charge in [0.05, 0.1) is 43.7 Å². The van der Waals surface area contributed by atoms with Gasteiger partial charge in [0.25, 0.3) is 0 Å². The van der Waals surface area contributed by atoms with Crippen LogP contribution in [0.4, 0.5) is 0 Å². The standard InChI is InChI=1S/C48H82O19/c1-21(2)10-9-13-48(8,67-42-38(61)35(58)32(55)26(19-50)64-42)22-11-15-46(6)30(22)23(52)16-28-45(5)14-12-29(53)44(3,4)40(45)24(17-47(28,46)7)62-43-39(36(59)33(56)27(20-51)65-43)66-41-37(60)34(57)31(54)25(18-49)63-41/h10,22-43,49-61H,9,11-20H2,1-8H3/t22-,23+,24-,25+,26+,27+,28+,29-,30-,31+,32+,33+,34-,35-,36-,37+,38+,39+,40+,41-,42-,43+,45+,46+,47+,48-/m0/s1. The Morgan fingerprint density at radius 1 is 0.642 bits per heavy atom. The molecule has 19 nitrogen and oxygen atoms in total. The number of rotatable bonds is 13. The molecule has 0 radical (unpaired) electrons. The number of aliphatic hydroxyl groups excluding tert-OH is 13. The average molecular weight is 963 g/mol. The summed E-state index contributed by atoms with van der Waals surface area (Å²) in [4.78, 5) is 0. The summed E-state index contributed by atoms with van der Waals surface area (Å²) in [5.41, 5.74) is -2.56. The number of aliphatic hydroxyl groups is 13. The summed E-state index contributed by atoms with van der Waals surface area (Å²) < 4.78 is 37.9. The van der Waals surface area contributed by atoms with Crippen LogP contribution < -0.4 is 0 Å². The first kappa shape index (κ1) is 53.8. The van der Waals surface area contributed by atoms with Gasteiger partial charge >= 0.3 is 0 Å². The lowest BCUT2D eigenvalue weighted by atomic mass is 9.34. The minimum Gasteiger partial charge on any atom is -0.394 e. The van der Waals surface area contributed by atoms with Crippen molar-refractivity contribution in [2.75, 3.05) is 19.8 Å². The van der Waals surface area contributed by atoms with Crippen molar-refractivity contribution in [3.8, 4) is 0 Å². The van der Waals surface area contributed by atoms with E-state index >= 15 is 0 Å². The quantitative estimate of drug-likeness (QED) is 0.0773. The zero-order chi connectivity index (χ0) is 49.5. The van der Waals surface area contributed by atoms with Crippen LogP contribution in [0.1, 0.15) is 107 Å². The fourth-order valence-electron chi connectivity index (χ4n) is 14.9. The van der Waals surface area contributed by atoms with Crippen LogP contribution in [-0.2, 0) is 28.4 Å². The predicted molar refractivity (Wildman–Crippen MR) is 235 cm³/mol. The highest BCUT2D eigenvalue weighted by atomic mass is 16.8. The summed E-state index contributed by atoms with van der Waals surface area (Å²) in [6.07, 6.45) is -20.0. The third-order valence-electron chi connectivity index (χ3n) is 18.7. The van der Waals surface area contributed by atoms with Gasteiger partial charge in [-0.1, -0.05) is 46.3 Å². The van der Waals surface area contributed by atoms with Gasteiger partial charge in [0.1, 0.15) is 73.2 Å². The molecule has 0 unspecified atom stereocenters. The number of allylic oxidation sites excluding steroid dienone is 2. The Balaban J connectivity index is 1.27. The van der Waals surface area contributed by atoms with E-state index in [0.717, 1.165) is 5.57 Å². The molecule has 7 fully saturated rings. The van der Waals surface area contributed by atoms with Crippen molar-refractivity contribution in [2.24, 2.45) is 45.3 Å². The summed E-state index contributed by atoms with van der Waals surface area (Å²) in [6.45, 7) is 14.4. The summed E-state index contributed by atoms with van der Waals surface area (Å²) in [6, 6.07) is 0. The second kappa shape index (κ2) is 19.8. The van der Waals surface area contributed by atoms with Gasteiger partial charge < -0.3 is 94.8 Å². The molecule has 4 aliphatic carbocycles. The van der Waals surface area contributed by atoms with Crippen LogP contribution >= 0.6 is 0 Å². The molecule has 0 aromatic carbocycles. The monoisotopic (exact) mass is 963 g/mol. The van der Waals surface area contributed by atoms with Crippen molar-refractivity contribution in [3.63, 3.8) is 0 Å². The van der Waals surface area contributed by atoms with E-state index < -0.39 is 163 Å². The molecule has 3 saturated heterocycles. The third kappa shape index (κ3) is 9.03. The van der Waals surface area contributed by atoms with Gasteiger partial charge in [-0.15, -0.1) is 0 Å². The van der Waals surface area contributed by atoms with E-state index in [1.165, 1.54) is 0 Å². The Bertz CT molecular complexity index is 1710. The second-order valence-corrected chi connectivity index (χ2v) is 23.1. The number of hydrogen-bond donors (Lipinski definition) is 13. The largest absolute Gasteiger partial charge is 0.394 e. The number of fused-ring (bicyclic) bond motifs is 5. The number of hydrogen-bond acceptors (Lipinski definition) is 19. The fourth-order valence-corrected chi connectivity index (χ4v) is 14.9. The number of ether oxygens (including phenoxy) is 6. The molecule has 13 N–H and O–H groups in total. The minimum absolute atomic E-state index is 0.110. The van der Waals surface area contributed by atoms with E-state index in [9.17, 15) is 66.4 Å². The molecule has 7 rings (SSSR count). The van der Waals surface area contributed by atoms with Gasteiger partial charge in [-0.2, -0.15) is 0 Å². The Kier molecular flexibility index (Phi) is 15.9. The van der Waals surface area contributed by atoms with Crippen LogP contribution in [0.5, 0.6) is 0 Å². The molecular formula is C48H82O19. The van der Waals surface area contributed by atoms with Crippen molar-refractivity contribution >= 4 is 0 Å². The van der Waals surface area contributed by atoms with Crippen molar-refractivity contribution < 1.29 is 94.8 Å². The van der Waals surface area contributed by atoms with Gasteiger partial charge in [-0.25, -0.2) is 0 Å². The Labute approximate surface area is 393 Å². The molecule has 4 saturated carbocycles. The summed E-state index contributed by atoms with van der Waals surface area (Å²) in [7, 11) is 0. The van der Waals surface area contributed by atoms with Crippen molar-refractivity contribution in [1.82, 2.24) is 0 Å². The highest BCUT2D eigenvalue weighted by Crippen LogP contribution is 2.76. The molecule has 3 aliphatic heterocycles. The topological polar surface area (TPSA) is 318 Å². The van der Waals surface area contributed by atoms with Gasteiger partial charge in [0, 0.05) is 0 Å². The van der Waals surface area contributed by atoms with Crippen LogP contribution in [0.25, 0.3) is 0 Å². The van der Waals surface area contributed by atoms with E-state index in [0.29, 0.717) is 51.4 Å². The van der Waals surface area contributed by atoms with Crippen molar-refractivity contribution in [1.29, 1.82) is 0 Å². The molecule has 3 heterocycles. The highest BCUT2D eigenvalue weighted by Gasteiger charge is 2.74. The third-order valence-corrected chi connectivity index (χ3v) is 18.7. The first-order chi connectivity index (χ1) is 31.3. The molecule has 67 heavy (non-hydrogen) atoms. The molecular weight excluding hydrogens is 881 g/mol. The maximum absolute atomic E-state index is 12.7. The van der Waals surface area contributed by atoms with Crippen molar-refractivity contribution in [3.05, 3.63) is 11.6 Å². The van der Waals surface area contributed by atoms with E-state index in [1.54, 1.807) is 0 Å². The van der Waals surface area contributed by atoms with Gasteiger partial charge in [0.15, 0.2) is 18.9 Å². The van der Waals surface area contributed by atoms with E-state index in [1.807, 2.05) is 34.6 Å². The molecule has 388 valence electrons. The van der Waals surface area contributed by atoms with Crippen LogP contribution in [0.15, 0.2) is 11.6 Å². The molecule has 19 heteroatoms. The van der Waals surface area contributed by atoms with Crippen LogP contribution in [-0.4, -0.2) is 202 Å². The summed E-state index contributed by atoms with van der Waals surface area (Å²) in [5.74, 6) is -1.22. The van der Waals surface area contributed by atoms with Gasteiger partial charge in [-0.3, -0.25) is 0 Å². The average Bonchev–Trinajstić information content (AvgIpc) is 3.66. The maximum Gasteiger partial charge on any atom is 0.187 e. The lowest BCUT2D eigenvalue weighted by Gasteiger charge is -2.72. The summed E-state index contributed by atoms with van der Waals surface area (Å²) in [5, 5.41) is 142. The predicted octanol–water partition coefficient (Wildman–Crippen LogP) is -1.06.